The van der Waals surface area contributed by atoms with Crippen LogP contribution in [0, 0.1) is 0 Å². The predicted molar refractivity (Wildman–Crippen MR) is 96.4 cm³/mol. The Bertz CT molecular complexity index is 544. The van der Waals surface area contributed by atoms with Crippen LogP contribution in [-0.2, 0) is 14.3 Å². The van der Waals surface area contributed by atoms with E-state index in [1.165, 1.54) is 0 Å². The van der Waals surface area contributed by atoms with Crippen LogP contribution in [0.4, 0.5) is 0 Å². The van der Waals surface area contributed by atoms with Crippen LogP contribution < -0.4 is 11.1 Å². The van der Waals surface area contributed by atoms with Crippen LogP contribution in [0.2, 0.25) is 0 Å². The first-order chi connectivity index (χ1) is 13.5. The summed E-state index contributed by atoms with van der Waals surface area (Å²) >= 11 is 3.88. The fraction of sp³-hybridized carbons (Fsp3) is 0.933. The third kappa shape index (κ3) is 5.00. The summed E-state index contributed by atoms with van der Waals surface area (Å²) in [6.07, 6.45) is -17.4. The Hall–Kier alpha value is -0.620. The van der Waals surface area contributed by atoms with Gasteiger partial charge in [-0.2, -0.15) is 12.6 Å². The van der Waals surface area contributed by atoms with E-state index in [2.05, 4.69) is 17.9 Å². The maximum absolute atomic E-state index is 12.1. The summed E-state index contributed by atoms with van der Waals surface area (Å²) in [5.74, 6) is -0.824. The van der Waals surface area contributed by atoms with E-state index in [0.717, 1.165) is 0 Å². The number of carbonyl (C=O) groups excluding carboxylic acids is 1. The van der Waals surface area contributed by atoms with Gasteiger partial charge in [-0.05, 0) is 0 Å². The molecule has 14 heteroatoms. The van der Waals surface area contributed by atoms with E-state index in [0.29, 0.717) is 0 Å². The highest BCUT2D eigenvalue weighted by Gasteiger charge is 2.53. The second-order valence-corrected chi connectivity index (χ2v) is 7.45. The maximum Gasteiger partial charge on any atom is 0.238 e. The number of thiol groups is 1. The fourth-order valence-corrected chi connectivity index (χ4v) is 3.38. The normalized spacial score (nSPS) is 46.9. The molecule has 0 bridgehead atoms. The molecule has 2 fully saturated rings. The average Bonchev–Trinajstić information content (AvgIpc) is 2.72. The molecule has 1 heterocycles. The largest absolute Gasteiger partial charge is 0.394 e. The van der Waals surface area contributed by atoms with Crippen molar-refractivity contribution in [2.45, 2.75) is 73.3 Å². The van der Waals surface area contributed by atoms with Crippen LogP contribution in [-0.4, -0.2) is 132 Å². The van der Waals surface area contributed by atoms with E-state index in [1.54, 1.807) is 0 Å². The number of rotatable bonds is 6. The van der Waals surface area contributed by atoms with Crippen LogP contribution in [0.1, 0.15) is 0 Å². The minimum absolute atomic E-state index is 0.0425. The van der Waals surface area contributed by atoms with Gasteiger partial charge in [0.2, 0.25) is 5.91 Å². The van der Waals surface area contributed by atoms with Crippen LogP contribution >= 0.6 is 12.6 Å². The number of carbonyl (C=O) groups is 1. The van der Waals surface area contributed by atoms with Gasteiger partial charge in [-0.1, -0.05) is 0 Å². The number of amides is 1. The predicted octanol–water partition coefficient (Wildman–Crippen LogP) is -6.63. The van der Waals surface area contributed by atoms with Gasteiger partial charge in [0.1, 0.15) is 61.0 Å². The molecule has 2 aliphatic rings. The number of hydrogen-bond acceptors (Lipinski definition) is 13. The van der Waals surface area contributed by atoms with Crippen molar-refractivity contribution in [3.8, 4) is 0 Å². The first-order valence-electron chi connectivity index (χ1n) is 8.90. The van der Waals surface area contributed by atoms with Crippen molar-refractivity contribution in [3.63, 3.8) is 0 Å². The average molecular weight is 444 g/mol. The molecule has 1 saturated carbocycles. The number of aliphatic hydroxyl groups excluding tert-OH is 8. The summed E-state index contributed by atoms with van der Waals surface area (Å²) in [7, 11) is 0. The zero-order valence-corrected chi connectivity index (χ0v) is 16.1. The molecule has 1 amide bonds. The Morgan fingerprint density at radius 1 is 0.966 bits per heavy atom. The molecule has 0 aromatic heterocycles. The van der Waals surface area contributed by atoms with Gasteiger partial charge in [-0.3, -0.25) is 4.79 Å². The lowest BCUT2D eigenvalue weighted by molar-refractivity contribution is -0.319. The van der Waals surface area contributed by atoms with Crippen molar-refractivity contribution in [2.24, 2.45) is 5.73 Å². The Morgan fingerprint density at radius 2 is 1.48 bits per heavy atom. The minimum atomic E-state index is -1.88. The van der Waals surface area contributed by atoms with Crippen LogP contribution in [0.5, 0.6) is 0 Å². The monoisotopic (exact) mass is 444 g/mol. The van der Waals surface area contributed by atoms with Crippen LogP contribution in [0.3, 0.4) is 0 Å². The van der Waals surface area contributed by atoms with Crippen molar-refractivity contribution in [2.75, 3.05) is 12.4 Å². The Labute approximate surface area is 171 Å². The number of nitrogens with one attached hydrogen (secondary N) is 1. The first-order valence-corrected chi connectivity index (χ1v) is 9.53. The first kappa shape index (κ1) is 24.6. The van der Waals surface area contributed by atoms with E-state index in [-0.39, 0.29) is 5.75 Å². The molecule has 1 saturated heterocycles. The van der Waals surface area contributed by atoms with Gasteiger partial charge in [-0.25, -0.2) is 0 Å². The van der Waals surface area contributed by atoms with E-state index in [4.69, 9.17) is 15.2 Å². The zero-order chi connectivity index (χ0) is 22.0. The maximum atomic E-state index is 12.1. The number of nitrogens with two attached hydrogens (primary N) is 1. The lowest BCUT2D eigenvalue weighted by Gasteiger charge is -2.47. The Balaban J connectivity index is 2.25. The topological polar surface area (TPSA) is 235 Å². The molecule has 12 atom stereocenters. The van der Waals surface area contributed by atoms with Gasteiger partial charge in [-0.15, -0.1) is 0 Å². The zero-order valence-electron chi connectivity index (χ0n) is 15.2. The molecule has 1 aliphatic carbocycles. The second kappa shape index (κ2) is 10.1. The van der Waals surface area contributed by atoms with Crippen molar-refractivity contribution in [1.29, 1.82) is 0 Å². The molecule has 0 spiro atoms. The lowest BCUT2D eigenvalue weighted by atomic mass is 9.84. The highest BCUT2D eigenvalue weighted by atomic mass is 32.1. The van der Waals surface area contributed by atoms with Gasteiger partial charge in [0.25, 0.3) is 0 Å². The third-order valence-electron chi connectivity index (χ3n) is 5.09. The summed E-state index contributed by atoms with van der Waals surface area (Å²) in [4.78, 5) is 12.1. The fourth-order valence-electron chi connectivity index (χ4n) is 3.22. The molecule has 0 radical (unpaired) electrons. The van der Waals surface area contributed by atoms with Crippen LogP contribution in [0.25, 0.3) is 0 Å². The summed E-state index contributed by atoms with van der Waals surface area (Å²) < 4.78 is 10.8. The van der Waals surface area contributed by atoms with Crippen molar-refractivity contribution in [3.05, 3.63) is 0 Å². The van der Waals surface area contributed by atoms with Crippen molar-refractivity contribution < 1.29 is 55.1 Å². The molecule has 11 N–H and O–H groups in total. The highest BCUT2D eigenvalue weighted by molar-refractivity contribution is 7.80. The van der Waals surface area contributed by atoms with E-state index < -0.39 is 85.8 Å². The molecule has 13 nitrogen and oxygen atoms in total. The smallest absolute Gasteiger partial charge is 0.238 e. The summed E-state index contributed by atoms with van der Waals surface area (Å²) in [6.45, 7) is -0.741. The molecular formula is C15H28N2O11S. The van der Waals surface area contributed by atoms with Gasteiger partial charge in [0, 0.05) is 5.75 Å². The van der Waals surface area contributed by atoms with Crippen molar-refractivity contribution in [1.82, 2.24) is 5.32 Å². The summed E-state index contributed by atoms with van der Waals surface area (Å²) in [5.41, 5.74) is 5.56. The lowest BCUT2D eigenvalue weighted by Crippen LogP contribution is -2.69. The van der Waals surface area contributed by atoms with Gasteiger partial charge in [0.15, 0.2) is 6.29 Å². The Morgan fingerprint density at radius 3 is 1.97 bits per heavy atom. The van der Waals surface area contributed by atoms with Crippen LogP contribution in [0.15, 0.2) is 0 Å². The summed E-state index contributed by atoms with van der Waals surface area (Å²) in [5, 5.41) is 81.6. The molecule has 2 unspecified atom stereocenters. The quantitative estimate of drug-likeness (QED) is 0.172. The molecule has 0 aromatic rings. The van der Waals surface area contributed by atoms with Gasteiger partial charge < -0.3 is 61.4 Å². The van der Waals surface area contributed by atoms with Gasteiger partial charge >= 0.3 is 0 Å². The number of aliphatic hydroxyl groups is 8. The SMILES string of the molecule is N[C@@H](CS)C(=O)N[C@@H]1[C@H](OC2[C@@H](O)[C@H](O)C(O)[C@H](O)[C@@H]2O)O[C@@H](CO)[C@H](O)[C@H]1O. The summed E-state index contributed by atoms with van der Waals surface area (Å²) in [6, 6.07) is -2.55. The molecular weight excluding hydrogens is 416 g/mol. The van der Waals surface area contributed by atoms with Crippen molar-refractivity contribution >= 4 is 18.5 Å². The number of ether oxygens (including phenoxy) is 2. The molecule has 0 aromatic carbocycles. The Kier molecular flexibility index (Phi) is 8.61. The molecule has 170 valence electrons. The highest BCUT2D eigenvalue weighted by Crippen LogP contribution is 2.29. The molecule has 1 aliphatic heterocycles. The molecule has 2 rings (SSSR count). The third-order valence-corrected chi connectivity index (χ3v) is 5.48. The van der Waals surface area contributed by atoms with E-state index in [9.17, 15) is 45.6 Å². The standard InChI is InChI=1S/C15H28N2O11S/c16-3(2-29)14(26)17-5-7(20)6(19)4(1-18)27-15(5)28-13-11(24)9(22)8(21)10(23)12(13)25/h3-13,15,18-25,29H,1-2,16H2,(H,17,26)/t3-,4-,5-,6-,7-,8?,9-,10+,11-,12-,13?,15-/m0/s1. The minimum Gasteiger partial charge on any atom is -0.394 e. The van der Waals surface area contributed by atoms with E-state index in [1.807, 2.05) is 0 Å². The van der Waals surface area contributed by atoms with Gasteiger partial charge in [0.05, 0.1) is 12.6 Å². The second-order valence-electron chi connectivity index (χ2n) is 7.08. The number of hydrogen-bond donors (Lipinski definition) is 11. The van der Waals surface area contributed by atoms with E-state index >= 15 is 0 Å². The molecule has 29 heavy (non-hydrogen) atoms.